The fourth-order valence-corrected chi connectivity index (χ4v) is 4.23. The molecule has 0 aliphatic carbocycles. The lowest BCUT2D eigenvalue weighted by atomic mass is 10.2. The predicted octanol–water partition coefficient (Wildman–Crippen LogP) is 5.64. The summed E-state index contributed by atoms with van der Waals surface area (Å²) in [7, 11) is 0. The van der Waals surface area contributed by atoms with Gasteiger partial charge in [0.15, 0.2) is 5.78 Å². The minimum Gasteiger partial charge on any atom is -0.435 e. The zero-order valence-electron chi connectivity index (χ0n) is 18.0. The van der Waals surface area contributed by atoms with Gasteiger partial charge in [-0.25, -0.2) is 0 Å². The molecule has 0 amide bonds. The van der Waals surface area contributed by atoms with Crippen LogP contribution in [0.25, 0.3) is 5.69 Å². The zero-order chi connectivity index (χ0) is 23.4. The molecule has 4 rings (SSSR count). The molecule has 0 atom stereocenters. The SMILES string of the molecule is Cc1cc(C(=O)CSc2nnc(Cc3ccccc3)o2)c(C)n1-c1ccc(OC(F)F)cc1. The van der Waals surface area contributed by atoms with Gasteiger partial charge in [-0.2, -0.15) is 8.78 Å². The molecule has 0 aliphatic heterocycles. The fraction of sp³-hybridized carbons (Fsp3) is 0.208. The van der Waals surface area contributed by atoms with Crippen LogP contribution in [0.4, 0.5) is 8.78 Å². The summed E-state index contributed by atoms with van der Waals surface area (Å²) in [6.45, 7) is 0.855. The lowest BCUT2D eigenvalue weighted by molar-refractivity contribution is -0.0498. The molecule has 0 spiro atoms. The van der Waals surface area contributed by atoms with Gasteiger partial charge < -0.3 is 13.7 Å². The van der Waals surface area contributed by atoms with Gasteiger partial charge in [0.2, 0.25) is 5.89 Å². The second-order valence-electron chi connectivity index (χ2n) is 7.33. The highest BCUT2D eigenvalue weighted by atomic mass is 32.2. The lowest BCUT2D eigenvalue weighted by Crippen LogP contribution is -2.06. The van der Waals surface area contributed by atoms with Crippen molar-refractivity contribution in [3.05, 3.63) is 89.1 Å². The minimum atomic E-state index is -2.87. The molecule has 0 fully saturated rings. The van der Waals surface area contributed by atoms with E-state index < -0.39 is 6.61 Å². The molecule has 0 saturated carbocycles. The molecular formula is C24H21F2N3O3S. The number of ketones is 1. The van der Waals surface area contributed by atoms with Crippen molar-refractivity contribution in [2.75, 3.05) is 5.75 Å². The van der Waals surface area contributed by atoms with Crippen LogP contribution in [0.2, 0.25) is 0 Å². The highest BCUT2D eigenvalue weighted by Gasteiger charge is 2.18. The van der Waals surface area contributed by atoms with E-state index >= 15 is 0 Å². The molecular weight excluding hydrogens is 448 g/mol. The Balaban J connectivity index is 1.42. The molecule has 170 valence electrons. The number of alkyl halides is 2. The van der Waals surface area contributed by atoms with Crippen LogP contribution < -0.4 is 4.74 Å². The van der Waals surface area contributed by atoms with Crippen LogP contribution in [0, 0.1) is 13.8 Å². The van der Waals surface area contributed by atoms with E-state index in [9.17, 15) is 13.6 Å². The van der Waals surface area contributed by atoms with Crippen molar-refractivity contribution in [1.82, 2.24) is 14.8 Å². The number of carbonyl (C=O) groups excluding carboxylic acids is 1. The molecule has 0 N–H and O–H groups in total. The van der Waals surface area contributed by atoms with Crippen LogP contribution in [0.3, 0.4) is 0 Å². The quantitative estimate of drug-likeness (QED) is 0.233. The van der Waals surface area contributed by atoms with Gasteiger partial charge >= 0.3 is 6.61 Å². The van der Waals surface area contributed by atoms with Crippen LogP contribution in [0.5, 0.6) is 5.75 Å². The van der Waals surface area contributed by atoms with Crippen molar-refractivity contribution >= 4 is 17.5 Å². The molecule has 4 aromatic rings. The van der Waals surface area contributed by atoms with E-state index in [0.29, 0.717) is 23.1 Å². The van der Waals surface area contributed by atoms with Crippen LogP contribution in [0.15, 0.2) is 70.3 Å². The Morgan fingerprint density at radius 1 is 1.09 bits per heavy atom. The average molecular weight is 470 g/mol. The highest BCUT2D eigenvalue weighted by molar-refractivity contribution is 7.99. The van der Waals surface area contributed by atoms with Gasteiger partial charge in [-0.15, -0.1) is 10.2 Å². The predicted molar refractivity (Wildman–Crippen MR) is 120 cm³/mol. The second-order valence-corrected chi connectivity index (χ2v) is 8.26. The molecule has 0 radical (unpaired) electrons. The molecule has 2 heterocycles. The number of thioether (sulfide) groups is 1. The van der Waals surface area contributed by atoms with Crippen LogP contribution in [0.1, 0.15) is 33.2 Å². The molecule has 33 heavy (non-hydrogen) atoms. The van der Waals surface area contributed by atoms with E-state index in [1.165, 1.54) is 23.9 Å². The third kappa shape index (κ3) is 5.48. The van der Waals surface area contributed by atoms with Crippen LogP contribution >= 0.6 is 11.8 Å². The zero-order valence-corrected chi connectivity index (χ0v) is 18.8. The topological polar surface area (TPSA) is 70.2 Å². The number of carbonyl (C=O) groups is 1. The van der Waals surface area contributed by atoms with Gasteiger partial charge in [0.1, 0.15) is 5.75 Å². The third-order valence-electron chi connectivity index (χ3n) is 5.02. The van der Waals surface area contributed by atoms with Gasteiger partial charge in [0.25, 0.3) is 5.22 Å². The first-order valence-corrected chi connectivity index (χ1v) is 11.2. The first-order chi connectivity index (χ1) is 15.9. The molecule has 0 saturated heterocycles. The number of aryl methyl sites for hydroxylation is 1. The number of ether oxygens (including phenoxy) is 1. The third-order valence-corrected chi connectivity index (χ3v) is 5.84. The van der Waals surface area contributed by atoms with Gasteiger partial charge in [0, 0.05) is 22.6 Å². The summed E-state index contributed by atoms with van der Waals surface area (Å²) in [6.07, 6.45) is 0.532. The number of rotatable bonds is 9. The summed E-state index contributed by atoms with van der Waals surface area (Å²) in [6, 6.07) is 17.9. The largest absolute Gasteiger partial charge is 0.435 e. The molecule has 0 aliphatic rings. The number of aromatic nitrogens is 3. The maximum atomic E-state index is 12.9. The molecule has 9 heteroatoms. The van der Waals surface area contributed by atoms with Gasteiger partial charge in [0.05, 0.1) is 12.2 Å². The molecule has 2 aromatic heterocycles. The molecule has 6 nitrogen and oxygen atoms in total. The van der Waals surface area contributed by atoms with Crippen molar-refractivity contribution in [2.24, 2.45) is 0 Å². The number of hydrogen-bond donors (Lipinski definition) is 0. The monoisotopic (exact) mass is 469 g/mol. The van der Waals surface area contributed by atoms with Crippen LogP contribution in [-0.4, -0.2) is 32.9 Å². The molecule has 2 aromatic carbocycles. The summed E-state index contributed by atoms with van der Waals surface area (Å²) in [4.78, 5) is 12.9. The van der Waals surface area contributed by atoms with E-state index in [-0.39, 0.29) is 17.3 Å². The maximum Gasteiger partial charge on any atom is 0.387 e. The fourth-order valence-electron chi connectivity index (χ4n) is 3.56. The Morgan fingerprint density at radius 2 is 1.82 bits per heavy atom. The summed E-state index contributed by atoms with van der Waals surface area (Å²) in [5.41, 5.74) is 4.01. The summed E-state index contributed by atoms with van der Waals surface area (Å²) < 4.78 is 36.7. The number of Topliss-reactive ketones (excluding diaryl/α,β-unsaturated/α-hetero) is 1. The maximum absolute atomic E-state index is 12.9. The van der Waals surface area contributed by atoms with Crippen LogP contribution in [-0.2, 0) is 6.42 Å². The Labute approximate surface area is 193 Å². The first kappa shape index (κ1) is 22.7. The van der Waals surface area contributed by atoms with Crippen molar-refractivity contribution < 1.29 is 22.7 Å². The van der Waals surface area contributed by atoms with E-state index in [1.54, 1.807) is 12.1 Å². The molecule has 0 unspecified atom stereocenters. The first-order valence-electron chi connectivity index (χ1n) is 10.2. The van der Waals surface area contributed by atoms with Gasteiger partial charge in [-0.3, -0.25) is 4.79 Å². The summed E-state index contributed by atoms with van der Waals surface area (Å²) in [5.74, 6) is 0.654. The van der Waals surface area contributed by atoms with Crippen molar-refractivity contribution in [3.8, 4) is 11.4 Å². The Hall–Kier alpha value is -3.46. The van der Waals surface area contributed by atoms with E-state index in [2.05, 4.69) is 14.9 Å². The number of benzene rings is 2. The van der Waals surface area contributed by atoms with E-state index in [0.717, 1.165) is 22.6 Å². The number of hydrogen-bond acceptors (Lipinski definition) is 6. The number of halogens is 2. The van der Waals surface area contributed by atoms with E-state index in [1.807, 2.05) is 54.8 Å². The Morgan fingerprint density at radius 3 is 2.52 bits per heavy atom. The van der Waals surface area contributed by atoms with Crippen molar-refractivity contribution in [1.29, 1.82) is 0 Å². The van der Waals surface area contributed by atoms with E-state index in [4.69, 9.17) is 4.42 Å². The Bertz CT molecular complexity index is 1240. The normalized spacial score (nSPS) is 11.2. The molecule has 0 bridgehead atoms. The van der Waals surface area contributed by atoms with Gasteiger partial charge in [-0.05, 0) is 49.7 Å². The average Bonchev–Trinajstić information content (AvgIpc) is 3.36. The second kappa shape index (κ2) is 9.99. The standard InChI is InChI=1S/C24H21F2N3O3S/c1-15-12-20(16(2)29(15)18-8-10-19(11-9-18)31-23(25)26)21(30)14-33-24-28-27-22(32-24)13-17-6-4-3-5-7-17/h3-12,23H,13-14H2,1-2H3. The highest BCUT2D eigenvalue weighted by Crippen LogP contribution is 2.26. The van der Waals surface area contributed by atoms with Crippen molar-refractivity contribution in [2.45, 2.75) is 32.1 Å². The summed E-state index contributed by atoms with van der Waals surface area (Å²) in [5, 5.41) is 8.42. The Kier molecular flexibility index (Phi) is 6.88. The van der Waals surface area contributed by atoms with Crippen molar-refractivity contribution in [3.63, 3.8) is 0 Å². The smallest absolute Gasteiger partial charge is 0.387 e. The lowest BCUT2D eigenvalue weighted by Gasteiger charge is -2.11. The number of nitrogens with zero attached hydrogens (tertiary/aromatic N) is 3. The summed E-state index contributed by atoms with van der Waals surface area (Å²) >= 11 is 1.20. The minimum absolute atomic E-state index is 0.0696. The van der Waals surface area contributed by atoms with Gasteiger partial charge in [-0.1, -0.05) is 42.1 Å².